The molecule has 122 valence electrons. The predicted molar refractivity (Wildman–Crippen MR) is 91.0 cm³/mol. The molecule has 0 aliphatic heterocycles. The second-order valence-electron chi connectivity index (χ2n) is 5.18. The summed E-state index contributed by atoms with van der Waals surface area (Å²) in [4.78, 5) is 4.42. The fourth-order valence-electron chi connectivity index (χ4n) is 2.38. The van der Waals surface area contributed by atoms with Crippen LogP contribution < -0.4 is 10.1 Å². The number of pyridine rings is 1. The molecule has 0 amide bonds. The molecule has 0 atom stereocenters. The van der Waals surface area contributed by atoms with E-state index in [1.807, 2.05) is 48.7 Å². The number of benzene rings is 1. The third kappa shape index (κ3) is 3.47. The number of anilines is 1. The number of aromatic nitrogens is 2. The smallest absolute Gasteiger partial charge is 0.168 e. The molecule has 6 nitrogen and oxygen atoms in total. The summed E-state index contributed by atoms with van der Waals surface area (Å²) in [6, 6.07) is 15.6. The minimum absolute atomic E-state index is 0.501. The quantitative estimate of drug-likeness (QED) is 0.677. The number of nitrogens with one attached hydrogen (secondary N) is 1. The Labute approximate surface area is 140 Å². The van der Waals surface area contributed by atoms with Gasteiger partial charge in [-0.1, -0.05) is 18.2 Å². The van der Waals surface area contributed by atoms with Gasteiger partial charge in [-0.3, -0.25) is 4.40 Å². The molecule has 2 aromatic heterocycles. The highest BCUT2D eigenvalue weighted by atomic mass is 16.5. The van der Waals surface area contributed by atoms with Crippen molar-refractivity contribution in [3.63, 3.8) is 0 Å². The highest BCUT2D eigenvalue weighted by molar-refractivity contribution is 5.58. The topological polar surface area (TPSA) is 71.6 Å². The van der Waals surface area contributed by atoms with Gasteiger partial charge in [-0.2, -0.15) is 5.26 Å². The van der Waals surface area contributed by atoms with Crippen LogP contribution in [0.5, 0.6) is 5.75 Å². The SMILES string of the molecule is COc1ccc(COCCNc2nc3ccccn3c2C#N)cc1. The maximum atomic E-state index is 9.31. The molecule has 3 rings (SSSR count). The zero-order chi connectivity index (χ0) is 16.8. The molecule has 0 unspecified atom stereocenters. The molecule has 0 radical (unpaired) electrons. The molecule has 0 spiro atoms. The first kappa shape index (κ1) is 15.8. The summed E-state index contributed by atoms with van der Waals surface area (Å²) < 4.78 is 12.5. The highest BCUT2D eigenvalue weighted by Gasteiger charge is 2.10. The van der Waals surface area contributed by atoms with E-state index in [0.717, 1.165) is 17.0 Å². The molecule has 0 aliphatic carbocycles. The molecule has 0 fully saturated rings. The third-order valence-electron chi connectivity index (χ3n) is 3.60. The Morgan fingerprint density at radius 2 is 2.04 bits per heavy atom. The van der Waals surface area contributed by atoms with Gasteiger partial charge in [-0.25, -0.2) is 4.98 Å². The van der Waals surface area contributed by atoms with Gasteiger partial charge >= 0.3 is 0 Å². The molecule has 0 bridgehead atoms. The largest absolute Gasteiger partial charge is 0.497 e. The lowest BCUT2D eigenvalue weighted by atomic mass is 10.2. The Kier molecular flexibility index (Phi) is 4.94. The summed E-state index contributed by atoms with van der Waals surface area (Å²) in [5.41, 5.74) is 2.33. The molecule has 24 heavy (non-hydrogen) atoms. The van der Waals surface area contributed by atoms with E-state index in [9.17, 15) is 5.26 Å². The minimum atomic E-state index is 0.501. The maximum absolute atomic E-state index is 9.31. The molecular formula is C18H18N4O2. The van der Waals surface area contributed by atoms with Crippen LogP contribution in [-0.2, 0) is 11.3 Å². The standard InChI is InChI=1S/C18H18N4O2/c1-23-15-7-5-14(6-8-15)13-24-11-9-20-18-16(12-19)22-10-3-2-4-17(22)21-18/h2-8,10,20H,9,11,13H2,1H3. The molecule has 6 heteroatoms. The Morgan fingerprint density at radius 3 is 2.79 bits per heavy atom. The average Bonchev–Trinajstić information content (AvgIpc) is 2.99. The van der Waals surface area contributed by atoms with Gasteiger partial charge in [0.1, 0.15) is 17.5 Å². The molecule has 0 saturated carbocycles. The lowest BCUT2D eigenvalue weighted by molar-refractivity contribution is 0.130. The van der Waals surface area contributed by atoms with Crippen LogP contribution in [0.3, 0.4) is 0 Å². The van der Waals surface area contributed by atoms with Gasteiger partial charge in [0.15, 0.2) is 11.5 Å². The van der Waals surface area contributed by atoms with Gasteiger partial charge in [0.25, 0.3) is 0 Å². The van der Waals surface area contributed by atoms with Gasteiger partial charge in [0.05, 0.1) is 20.3 Å². The van der Waals surface area contributed by atoms with Crippen LogP contribution in [0.15, 0.2) is 48.7 Å². The Hall–Kier alpha value is -3.04. The van der Waals surface area contributed by atoms with E-state index in [4.69, 9.17) is 9.47 Å². The van der Waals surface area contributed by atoms with E-state index in [0.29, 0.717) is 31.3 Å². The van der Waals surface area contributed by atoms with Crippen LogP contribution >= 0.6 is 0 Å². The number of nitriles is 1. The first-order valence-corrected chi connectivity index (χ1v) is 7.63. The highest BCUT2D eigenvalue weighted by Crippen LogP contribution is 2.16. The molecule has 2 heterocycles. The number of hydrogen-bond acceptors (Lipinski definition) is 5. The number of methoxy groups -OCH3 is 1. The summed E-state index contributed by atoms with van der Waals surface area (Å²) in [6.45, 7) is 1.63. The van der Waals surface area contributed by atoms with Crippen LogP contribution in [-0.4, -0.2) is 29.6 Å². The Morgan fingerprint density at radius 1 is 1.21 bits per heavy atom. The summed E-state index contributed by atoms with van der Waals surface area (Å²) in [5, 5.41) is 12.5. The fraction of sp³-hybridized carbons (Fsp3) is 0.222. The van der Waals surface area contributed by atoms with E-state index in [-0.39, 0.29) is 0 Å². The number of ether oxygens (including phenoxy) is 2. The van der Waals surface area contributed by atoms with Crippen LogP contribution in [0.1, 0.15) is 11.3 Å². The number of hydrogen-bond donors (Lipinski definition) is 1. The molecule has 1 N–H and O–H groups in total. The van der Waals surface area contributed by atoms with Crippen molar-refractivity contribution in [1.29, 1.82) is 5.26 Å². The molecule has 0 saturated heterocycles. The van der Waals surface area contributed by atoms with E-state index in [1.165, 1.54) is 0 Å². The summed E-state index contributed by atoms with van der Waals surface area (Å²) >= 11 is 0. The van der Waals surface area contributed by atoms with Gasteiger partial charge in [0, 0.05) is 12.7 Å². The third-order valence-corrected chi connectivity index (χ3v) is 3.60. The van der Waals surface area contributed by atoms with Crippen molar-refractivity contribution < 1.29 is 9.47 Å². The fourth-order valence-corrected chi connectivity index (χ4v) is 2.38. The zero-order valence-electron chi connectivity index (χ0n) is 13.4. The van der Waals surface area contributed by atoms with Crippen LogP contribution in [0.4, 0.5) is 5.82 Å². The van der Waals surface area contributed by atoms with Crippen molar-refractivity contribution in [2.24, 2.45) is 0 Å². The molecular weight excluding hydrogens is 304 g/mol. The summed E-state index contributed by atoms with van der Waals surface area (Å²) in [6.07, 6.45) is 1.83. The van der Waals surface area contributed by atoms with Gasteiger partial charge in [0.2, 0.25) is 0 Å². The summed E-state index contributed by atoms with van der Waals surface area (Å²) in [5.74, 6) is 1.41. The number of imidazole rings is 1. The first-order chi connectivity index (χ1) is 11.8. The Balaban J connectivity index is 1.51. The van der Waals surface area contributed by atoms with Crippen LogP contribution in [0, 0.1) is 11.3 Å². The lowest BCUT2D eigenvalue weighted by Crippen LogP contribution is -2.10. The molecule has 0 aliphatic rings. The van der Waals surface area contributed by atoms with Gasteiger partial charge < -0.3 is 14.8 Å². The maximum Gasteiger partial charge on any atom is 0.168 e. The van der Waals surface area contributed by atoms with Crippen molar-refractivity contribution in [2.75, 3.05) is 25.6 Å². The normalized spacial score (nSPS) is 10.5. The summed E-state index contributed by atoms with van der Waals surface area (Å²) in [7, 11) is 1.64. The second-order valence-corrected chi connectivity index (χ2v) is 5.18. The number of rotatable bonds is 7. The van der Waals surface area contributed by atoms with Gasteiger partial charge in [-0.05, 0) is 29.8 Å². The first-order valence-electron chi connectivity index (χ1n) is 7.63. The van der Waals surface area contributed by atoms with Crippen LogP contribution in [0.25, 0.3) is 5.65 Å². The number of fused-ring (bicyclic) bond motifs is 1. The van der Waals surface area contributed by atoms with E-state index in [2.05, 4.69) is 16.4 Å². The molecule has 1 aromatic carbocycles. The van der Waals surface area contributed by atoms with Crippen molar-refractivity contribution in [1.82, 2.24) is 9.38 Å². The van der Waals surface area contributed by atoms with E-state index < -0.39 is 0 Å². The predicted octanol–water partition coefficient (Wildman–Crippen LogP) is 2.84. The van der Waals surface area contributed by atoms with Crippen molar-refractivity contribution in [2.45, 2.75) is 6.61 Å². The minimum Gasteiger partial charge on any atom is -0.497 e. The van der Waals surface area contributed by atoms with Crippen molar-refractivity contribution in [3.05, 3.63) is 59.9 Å². The van der Waals surface area contributed by atoms with Crippen molar-refractivity contribution in [3.8, 4) is 11.8 Å². The van der Waals surface area contributed by atoms with Gasteiger partial charge in [-0.15, -0.1) is 0 Å². The average molecular weight is 322 g/mol. The Bertz CT molecular complexity index is 850. The lowest BCUT2D eigenvalue weighted by Gasteiger charge is -2.06. The zero-order valence-corrected chi connectivity index (χ0v) is 13.4. The van der Waals surface area contributed by atoms with E-state index >= 15 is 0 Å². The second kappa shape index (κ2) is 7.49. The van der Waals surface area contributed by atoms with Crippen LogP contribution in [0.2, 0.25) is 0 Å². The monoisotopic (exact) mass is 322 g/mol. The number of nitrogens with zero attached hydrogens (tertiary/aromatic N) is 3. The molecule has 3 aromatic rings. The van der Waals surface area contributed by atoms with Crippen molar-refractivity contribution >= 4 is 11.5 Å². The van der Waals surface area contributed by atoms with E-state index in [1.54, 1.807) is 11.5 Å².